The van der Waals surface area contributed by atoms with Gasteiger partial charge in [0.1, 0.15) is 0 Å². The molecule has 0 aromatic heterocycles. The summed E-state index contributed by atoms with van der Waals surface area (Å²) < 4.78 is 0. The largest absolute Gasteiger partial charge is 0.349 e. The van der Waals surface area contributed by atoms with E-state index >= 15 is 0 Å². The number of piperidine rings is 1. The molecule has 25 heavy (non-hydrogen) atoms. The zero-order valence-corrected chi connectivity index (χ0v) is 15.3. The van der Waals surface area contributed by atoms with Gasteiger partial charge in [0.15, 0.2) is 0 Å². The molecule has 1 saturated heterocycles. The SMILES string of the molecule is C[C@H]1C[C@@H](C(=O)NC(Cc2ccccc2Cl)c2ccccc2)CCN1. The first-order valence-corrected chi connectivity index (χ1v) is 9.33. The minimum atomic E-state index is -0.0706. The number of rotatable bonds is 5. The first kappa shape index (κ1) is 18.0. The van der Waals surface area contributed by atoms with Gasteiger partial charge in [0.25, 0.3) is 0 Å². The van der Waals surface area contributed by atoms with Crippen LogP contribution in [0.1, 0.15) is 36.9 Å². The van der Waals surface area contributed by atoms with Gasteiger partial charge in [-0.15, -0.1) is 0 Å². The molecule has 1 aliphatic heterocycles. The minimum Gasteiger partial charge on any atom is -0.349 e. The van der Waals surface area contributed by atoms with Crippen molar-refractivity contribution >= 4 is 17.5 Å². The van der Waals surface area contributed by atoms with Gasteiger partial charge in [-0.05, 0) is 49.9 Å². The molecule has 0 radical (unpaired) electrons. The smallest absolute Gasteiger partial charge is 0.223 e. The van der Waals surface area contributed by atoms with Gasteiger partial charge in [-0.25, -0.2) is 0 Å². The third kappa shape index (κ3) is 4.83. The Morgan fingerprint density at radius 3 is 2.64 bits per heavy atom. The molecule has 4 heteroatoms. The normalized spacial score (nSPS) is 21.5. The Bertz CT molecular complexity index is 704. The first-order chi connectivity index (χ1) is 12.1. The van der Waals surface area contributed by atoms with Gasteiger partial charge in [-0.3, -0.25) is 4.79 Å². The molecule has 3 atom stereocenters. The van der Waals surface area contributed by atoms with Crippen LogP contribution in [0.4, 0.5) is 0 Å². The van der Waals surface area contributed by atoms with Crippen LogP contribution in [0.3, 0.4) is 0 Å². The van der Waals surface area contributed by atoms with Crippen molar-refractivity contribution in [1.29, 1.82) is 0 Å². The fourth-order valence-electron chi connectivity index (χ4n) is 3.48. The highest BCUT2D eigenvalue weighted by Crippen LogP contribution is 2.25. The highest BCUT2D eigenvalue weighted by Gasteiger charge is 2.27. The van der Waals surface area contributed by atoms with E-state index in [0.29, 0.717) is 12.5 Å². The Hall–Kier alpha value is -1.84. The second kappa shape index (κ2) is 8.50. The van der Waals surface area contributed by atoms with Crippen LogP contribution in [0, 0.1) is 5.92 Å². The Kier molecular flexibility index (Phi) is 6.11. The Balaban J connectivity index is 1.77. The Morgan fingerprint density at radius 1 is 1.20 bits per heavy atom. The molecule has 3 nitrogen and oxygen atoms in total. The van der Waals surface area contributed by atoms with E-state index in [1.165, 1.54) is 0 Å². The van der Waals surface area contributed by atoms with Crippen molar-refractivity contribution in [1.82, 2.24) is 10.6 Å². The topological polar surface area (TPSA) is 41.1 Å². The van der Waals surface area contributed by atoms with Crippen LogP contribution < -0.4 is 10.6 Å². The van der Waals surface area contributed by atoms with E-state index in [0.717, 1.165) is 35.5 Å². The molecule has 2 N–H and O–H groups in total. The van der Waals surface area contributed by atoms with Crippen LogP contribution >= 0.6 is 11.6 Å². The van der Waals surface area contributed by atoms with E-state index in [2.05, 4.69) is 29.7 Å². The van der Waals surface area contributed by atoms with Crippen molar-refractivity contribution in [3.63, 3.8) is 0 Å². The van der Waals surface area contributed by atoms with Gasteiger partial charge in [-0.1, -0.05) is 60.1 Å². The molecule has 0 bridgehead atoms. The van der Waals surface area contributed by atoms with E-state index in [4.69, 9.17) is 11.6 Å². The second-order valence-electron chi connectivity index (χ2n) is 6.84. The molecular formula is C21H25ClN2O. The quantitative estimate of drug-likeness (QED) is 0.845. The summed E-state index contributed by atoms with van der Waals surface area (Å²) in [5.41, 5.74) is 2.16. The molecule has 0 saturated carbocycles. The highest BCUT2D eigenvalue weighted by atomic mass is 35.5. The number of hydrogen-bond acceptors (Lipinski definition) is 2. The summed E-state index contributed by atoms with van der Waals surface area (Å²) in [4.78, 5) is 12.8. The maximum atomic E-state index is 12.8. The van der Waals surface area contributed by atoms with Crippen LogP contribution in [-0.2, 0) is 11.2 Å². The Morgan fingerprint density at radius 2 is 1.92 bits per heavy atom. The fraction of sp³-hybridized carbons (Fsp3) is 0.381. The summed E-state index contributed by atoms with van der Waals surface area (Å²) in [6.45, 7) is 3.04. The number of carbonyl (C=O) groups is 1. The summed E-state index contributed by atoms with van der Waals surface area (Å²) in [6.07, 6.45) is 2.47. The molecule has 1 aliphatic rings. The van der Waals surface area contributed by atoms with Crippen LogP contribution in [-0.4, -0.2) is 18.5 Å². The number of halogens is 1. The molecular weight excluding hydrogens is 332 g/mol. The zero-order valence-electron chi connectivity index (χ0n) is 14.5. The number of hydrogen-bond donors (Lipinski definition) is 2. The molecule has 132 valence electrons. The first-order valence-electron chi connectivity index (χ1n) is 8.95. The van der Waals surface area contributed by atoms with E-state index in [9.17, 15) is 4.79 Å². The van der Waals surface area contributed by atoms with Crippen molar-refractivity contribution < 1.29 is 4.79 Å². The van der Waals surface area contributed by atoms with Crippen molar-refractivity contribution in [3.8, 4) is 0 Å². The van der Waals surface area contributed by atoms with E-state index < -0.39 is 0 Å². The van der Waals surface area contributed by atoms with Crippen LogP contribution in [0.15, 0.2) is 54.6 Å². The highest BCUT2D eigenvalue weighted by molar-refractivity contribution is 6.31. The minimum absolute atomic E-state index is 0.0706. The molecule has 1 unspecified atom stereocenters. The molecule has 1 amide bonds. The maximum Gasteiger partial charge on any atom is 0.223 e. The van der Waals surface area contributed by atoms with Gasteiger partial charge < -0.3 is 10.6 Å². The lowest BCUT2D eigenvalue weighted by Crippen LogP contribution is -2.43. The summed E-state index contributed by atoms with van der Waals surface area (Å²) in [7, 11) is 0. The van der Waals surface area contributed by atoms with Gasteiger partial charge in [0, 0.05) is 17.0 Å². The Labute approximate surface area is 154 Å². The third-order valence-electron chi connectivity index (χ3n) is 4.89. The molecule has 1 heterocycles. The molecule has 0 aliphatic carbocycles. The predicted octanol–water partition coefficient (Wildman–Crippen LogP) is 4.13. The van der Waals surface area contributed by atoms with Crippen molar-refractivity contribution in [2.45, 2.75) is 38.3 Å². The predicted molar refractivity (Wildman–Crippen MR) is 103 cm³/mol. The van der Waals surface area contributed by atoms with Crippen LogP contribution in [0.2, 0.25) is 5.02 Å². The monoisotopic (exact) mass is 356 g/mol. The standard InChI is InChI=1S/C21H25ClN2O/c1-15-13-18(11-12-23-15)21(25)24-20(16-7-3-2-4-8-16)14-17-9-5-6-10-19(17)22/h2-10,15,18,20,23H,11-14H2,1H3,(H,24,25)/t15-,18-,20?/m0/s1. The summed E-state index contributed by atoms with van der Waals surface area (Å²) >= 11 is 6.34. The maximum absolute atomic E-state index is 12.8. The number of carbonyl (C=O) groups excluding carboxylic acids is 1. The lowest BCUT2D eigenvalue weighted by atomic mass is 9.91. The van der Waals surface area contributed by atoms with Crippen molar-refractivity contribution in [2.75, 3.05) is 6.54 Å². The molecule has 1 fully saturated rings. The van der Waals surface area contributed by atoms with E-state index in [1.54, 1.807) is 0 Å². The summed E-state index contributed by atoms with van der Waals surface area (Å²) in [6, 6.07) is 18.3. The van der Waals surface area contributed by atoms with Crippen molar-refractivity contribution in [3.05, 3.63) is 70.7 Å². The fourth-order valence-corrected chi connectivity index (χ4v) is 3.69. The third-order valence-corrected chi connectivity index (χ3v) is 5.26. The zero-order chi connectivity index (χ0) is 17.6. The second-order valence-corrected chi connectivity index (χ2v) is 7.25. The van der Waals surface area contributed by atoms with Gasteiger partial charge in [-0.2, -0.15) is 0 Å². The average molecular weight is 357 g/mol. The summed E-state index contributed by atoms with van der Waals surface area (Å²) in [5, 5.41) is 7.42. The number of nitrogens with one attached hydrogen (secondary N) is 2. The van der Waals surface area contributed by atoms with Crippen molar-refractivity contribution in [2.24, 2.45) is 5.92 Å². The van der Waals surface area contributed by atoms with Crippen LogP contribution in [0.5, 0.6) is 0 Å². The number of amides is 1. The molecule has 3 rings (SSSR count). The van der Waals surface area contributed by atoms with Gasteiger partial charge in [0.05, 0.1) is 6.04 Å². The van der Waals surface area contributed by atoms with E-state index in [-0.39, 0.29) is 17.9 Å². The summed E-state index contributed by atoms with van der Waals surface area (Å²) in [5.74, 6) is 0.225. The van der Waals surface area contributed by atoms with Gasteiger partial charge in [0.2, 0.25) is 5.91 Å². The number of benzene rings is 2. The average Bonchev–Trinajstić information content (AvgIpc) is 2.63. The molecule has 2 aromatic carbocycles. The van der Waals surface area contributed by atoms with Gasteiger partial charge >= 0.3 is 0 Å². The molecule has 0 spiro atoms. The van der Waals surface area contributed by atoms with E-state index in [1.807, 2.05) is 42.5 Å². The lowest BCUT2D eigenvalue weighted by Gasteiger charge is -2.29. The van der Waals surface area contributed by atoms with Crippen LogP contribution in [0.25, 0.3) is 0 Å². The lowest BCUT2D eigenvalue weighted by molar-refractivity contribution is -0.126. The molecule has 2 aromatic rings.